The molecule has 0 unspecified atom stereocenters. The van der Waals surface area contributed by atoms with Crippen molar-refractivity contribution in [2.45, 2.75) is 39.2 Å². The molecule has 1 aromatic rings. The lowest BCUT2D eigenvalue weighted by atomic mass is 10.0. The highest BCUT2D eigenvalue weighted by Gasteiger charge is 2.40. The number of carbonyl (C=O) groups excluding carboxylic acids is 1. The smallest absolute Gasteiger partial charge is 0.248 e. The van der Waals surface area contributed by atoms with Gasteiger partial charge in [0.25, 0.3) is 0 Å². The van der Waals surface area contributed by atoms with Crippen molar-refractivity contribution in [3.63, 3.8) is 0 Å². The lowest BCUT2D eigenvalue weighted by Crippen LogP contribution is -2.24. The zero-order valence-corrected chi connectivity index (χ0v) is 11.3. The van der Waals surface area contributed by atoms with E-state index < -0.39 is 5.91 Å². The van der Waals surface area contributed by atoms with E-state index in [9.17, 15) is 9.18 Å². The molecule has 0 aromatic heterocycles. The summed E-state index contributed by atoms with van der Waals surface area (Å²) in [7, 11) is 0. The van der Waals surface area contributed by atoms with E-state index in [1.165, 1.54) is 31.7 Å². The van der Waals surface area contributed by atoms with Gasteiger partial charge in [0.1, 0.15) is 5.82 Å². The Morgan fingerprint density at radius 2 is 2.21 bits per heavy atom. The molecule has 0 saturated heterocycles. The molecule has 1 aliphatic rings. The summed E-state index contributed by atoms with van der Waals surface area (Å²) in [6.45, 7) is 3.64. The Kier molecular flexibility index (Phi) is 4.20. The fraction of sp³-hybridized carbons (Fsp3) is 0.533. The minimum atomic E-state index is -0.599. The number of rotatable bonds is 7. The third kappa shape index (κ3) is 3.53. The average molecular weight is 264 g/mol. The maximum Gasteiger partial charge on any atom is 0.248 e. The summed E-state index contributed by atoms with van der Waals surface area (Å²) in [6, 6.07) is 4.40. The van der Waals surface area contributed by atoms with Crippen molar-refractivity contribution >= 4 is 5.91 Å². The Hall–Kier alpha value is -1.42. The van der Waals surface area contributed by atoms with Gasteiger partial charge in [0, 0.05) is 24.2 Å². The molecule has 1 saturated carbocycles. The Bertz CT molecular complexity index is 469. The van der Waals surface area contributed by atoms with E-state index >= 15 is 0 Å². The van der Waals surface area contributed by atoms with Crippen LogP contribution in [0.3, 0.4) is 0 Å². The second-order valence-electron chi connectivity index (χ2n) is 5.52. The van der Waals surface area contributed by atoms with E-state index in [1.807, 2.05) is 0 Å². The first-order valence-electron chi connectivity index (χ1n) is 6.85. The van der Waals surface area contributed by atoms with Gasteiger partial charge in [0.2, 0.25) is 5.91 Å². The highest BCUT2D eigenvalue weighted by molar-refractivity contribution is 5.92. The zero-order chi connectivity index (χ0) is 13.9. The first-order chi connectivity index (χ1) is 9.06. The Balaban J connectivity index is 1.88. The van der Waals surface area contributed by atoms with Crippen LogP contribution in [-0.2, 0) is 6.54 Å². The van der Waals surface area contributed by atoms with Crippen LogP contribution in [0.15, 0.2) is 18.2 Å². The molecule has 3 nitrogen and oxygen atoms in total. The first-order valence-corrected chi connectivity index (χ1v) is 6.85. The molecule has 0 bridgehead atoms. The van der Waals surface area contributed by atoms with Crippen LogP contribution >= 0.6 is 0 Å². The van der Waals surface area contributed by atoms with Gasteiger partial charge in [-0.2, -0.15) is 0 Å². The van der Waals surface area contributed by atoms with Crippen LogP contribution in [0.1, 0.15) is 48.5 Å². The molecule has 0 spiro atoms. The Labute approximate surface area is 113 Å². The van der Waals surface area contributed by atoms with Gasteiger partial charge in [0.05, 0.1) is 0 Å². The quantitative estimate of drug-likeness (QED) is 0.795. The second-order valence-corrected chi connectivity index (χ2v) is 5.52. The molecule has 0 heterocycles. The topological polar surface area (TPSA) is 55.1 Å². The van der Waals surface area contributed by atoms with E-state index in [-0.39, 0.29) is 11.4 Å². The molecule has 1 aromatic carbocycles. The molecule has 104 valence electrons. The van der Waals surface area contributed by atoms with Gasteiger partial charge < -0.3 is 11.1 Å². The number of carbonyl (C=O) groups is 1. The third-order valence-electron chi connectivity index (χ3n) is 3.89. The maximum atomic E-state index is 13.7. The Morgan fingerprint density at radius 1 is 1.47 bits per heavy atom. The Morgan fingerprint density at radius 3 is 2.74 bits per heavy atom. The molecule has 19 heavy (non-hydrogen) atoms. The second kappa shape index (κ2) is 5.70. The minimum Gasteiger partial charge on any atom is -0.366 e. The van der Waals surface area contributed by atoms with Crippen LogP contribution in [0.5, 0.6) is 0 Å². The monoisotopic (exact) mass is 264 g/mol. The molecule has 4 heteroatoms. The van der Waals surface area contributed by atoms with Crippen molar-refractivity contribution in [2.24, 2.45) is 11.1 Å². The summed E-state index contributed by atoms with van der Waals surface area (Å²) in [5.74, 6) is -0.970. The van der Waals surface area contributed by atoms with Gasteiger partial charge >= 0.3 is 0 Å². The molecule has 1 aliphatic carbocycles. The van der Waals surface area contributed by atoms with Gasteiger partial charge in [0.15, 0.2) is 0 Å². The number of amides is 1. The van der Waals surface area contributed by atoms with Crippen molar-refractivity contribution in [3.05, 3.63) is 35.1 Å². The molecule has 0 aliphatic heterocycles. The number of nitrogens with two attached hydrogens (primary N) is 1. The highest BCUT2D eigenvalue weighted by atomic mass is 19.1. The van der Waals surface area contributed by atoms with Crippen molar-refractivity contribution in [3.8, 4) is 0 Å². The van der Waals surface area contributed by atoms with Crippen molar-refractivity contribution in [2.75, 3.05) is 6.54 Å². The molecule has 2 rings (SSSR count). The van der Waals surface area contributed by atoms with E-state index in [4.69, 9.17) is 5.73 Å². The average Bonchev–Trinajstić information content (AvgIpc) is 3.11. The van der Waals surface area contributed by atoms with Crippen LogP contribution in [-0.4, -0.2) is 12.5 Å². The highest BCUT2D eigenvalue weighted by Crippen LogP contribution is 2.48. The lowest BCUT2D eigenvalue weighted by molar-refractivity contribution is 0.1000. The van der Waals surface area contributed by atoms with Gasteiger partial charge in [-0.3, -0.25) is 4.79 Å². The summed E-state index contributed by atoms with van der Waals surface area (Å²) >= 11 is 0. The fourth-order valence-corrected chi connectivity index (χ4v) is 2.53. The van der Waals surface area contributed by atoms with E-state index in [2.05, 4.69) is 12.2 Å². The predicted molar refractivity (Wildman–Crippen MR) is 73.2 cm³/mol. The van der Waals surface area contributed by atoms with Gasteiger partial charge in [-0.25, -0.2) is 4.39 Å². The number of hydrogen-bond acceptors (Lipinski definition) is 2. The normalized spacial score (nSPS) is 16.3. The summed E-state index contributed by atoms with van der Waals surface area (Å²) in [5.41, 5.74) is 6.36. The van der Waals surface area contributed by atoms with Crippen molar-refractivity contribution in [1.82, 2.24) is 5.32 Å². The SMILES string of the molecule is CCCC1(CNCc2ccc(C(N)=O)cc2F)CC1. The van der Waals surface area contributed by atoms with Gasteiger partial charge in [-0.05, 0) is 36.8 Å². The van der Waals surface area contributed by atoms with Gasteiger partial charge in [-0.15, -0.1) is 0 Å². The first kappa shape index (κ1) is 14.0. The molecular weight excluding hydrogens is 243 g/mol. The number of nitrogens with one attached hydrogen (secondary N) is 1. The predicted octanol–water partition coefficient (Wildman–Crippen LogP) is 2.59. The van der Waals surface area contributed by atoms with Crippen LogP contribution in [0.25, 0.3) is 0 Å². The molecule has 3 N–H and O–H groups in total. The zero-order valence-electron chi connectivity index (χ0n) is 11.3. The van der Waals surface area contributed by atoms with E-state index in [1.54, 1.807) is 12.1 Å². The number of benzene rings is 1. The molecule has 0 radical (unpaired) electrons. The summed E-state index contributed by atoms with van der Waals surface area (Å²) in [5, 5.41) is 3.32. The molecule has 0 atom stereocenters. The summed E-state index contributed by atoms with van der Waals surface area (Å²) in [6.07, 6.45) is 4.99. The van der Waals surface area contributed by atoms with Crippen LogP contribution < -0.4 is 11.1 Å². The fourth-order valence-electron chi connectivity index (χ4n) is 2.53. The number of hydrogen-bond donors (Lipinski definition) is 2. The minimum absolute atomic E-state index is 0.214. The van der Waals surface area contributed by atoms with E-state index in [0.29, 0.717) is 17.5 Å². The van der Waals surface area contributed by atoms with Crippen LogP contribution in [0, 0.1) is 11.2 Å². The maximum absolute atomic E-state index is 13.7. The number of primary amides is 1. The van der Waals surface area contributed by atoms with Gasteiger partial charge in [-0.1, -0.05) is 19.4 Å². The molecule has 1 amide bonds. The summed E-state index contributed by atoms with van der Waals surface area (Å²) in [4.78, 5) is 10.9. The standard InChI is InChI=1S/C15H21FN2O/c1-2-5-15(6-7-15)10-18-9-12-4-3-11(14(17)19)8-13(12)16/h3-4,8,18H,2,5-7,9-10H2,1H3,(H2,17,19). The van der Waals surface area contributed by atoms with E-state index in [0.717, 1.165) is 6.54 Å². The number of halogens is 1. The van der Waals surface area contributed by atoms with Crippen molar-refractivity contribution < 1.29 is 9.18 Å². The summed E-state index contributed by atoms with van der Waals surface area (Å²) < 4.78 is 13.7. The molecular formula is C15H21FN2O. The largest absolute Gasteiger partial charge is 0.366 e. The third-order valence-corrected chi connectivity index (χ3v) is 3.89. The lowest BCUT2D eigenvalue weighted by Gasteiger charge is -2.15. The van der Waals surface area contributed by atoms with Crippen molar-refractivity contribution in [1.29, 1.82) is 0 Å². The molecule has 1 fully saturated rings. The van der Waals surface area contributed by atoms with Crippen LogP contribution in [0.4, 0.5) is 4.39 Å². The van der Waals surface area contributed by atoms with Crippen LogP contribution in [0.2, 0.25) is 0 Å².